The first-order valence-electron chi connectivity index (χ1n) is 8.93. The summed E-state index contributed by atoms with van der Waals surface area (Å²) in [4.78, 5) is 31.1. The second kappa shape index (κ2) is 7.64. The van der Waals surface area contributed by atoms with Gasteiger partial charge in [-0.1, -0.05) is 42.5 Å². The van der Waals surface area contributed by atoms with E-state index in [9.17, 15) is 9.59 Å². The minimum Gasteiger partial charge on any atom is -0.382 e. The molecule has 0 saturated heterocycles. The largest absolute Gasteiger partial charge is 0.382 e. The highest BCUT2D eigenvalue weighted by molar-refractivity contribution is 6.32. The van der Waals surface area contributed by atoms with Gasteiger partial charge in [0.05, 0.1) is 23.4 Å². The molecule has 1 aliphatic rings. The number of nitrogens with one attached hydrogen (secondary N) is 2. The quantitative estimate of drug-likeness (QED) is 0.354. The maximum Gasteiger partial charge on any atom is 0.196 e. The van der Waals surface area contributed by atoms with E-state index in [2.05, 4.69) is 15.5 Å². The van der Waals surface area contributed by atoms with E-state index in [0.29, 0.717) is 40.2 Å². The molecule has 4 N–H and O–H groups in total. The monoisotopic (exact) mass is 373 g/mol. The topological polar surface area (TPSA) is 93.4 Å². The van der Waals surface area contributed by atoms with Gasteiger partial charge in [0, 0.05) is 29.0 Å². The Morgan fingerprint density at radius 1 is 0.750 bits per heavy atom. The number of para-hydroxylation sites is 1. The number of hydrogen-bond donors (Lipinski definition) is 3. The third-order valence-corrected chi connectivity index (χ3v) is 4.66. The molecule has 0 spiro atoms. The van der Waals surface area contributed by atoms with Crippen LogP contribution >= 0.6 is 0 Å². The van der Waals surface area contributed by atoms with E-state index in [1.807, 2.05) is 30.3 Å². The number of hydrogen-bond acceptors (Lipinski definition) is 6. The molecule has 0 radical (unpaired) electrons. The maximum atomic E-state index is 13.3. The van der Waals surface area contributed by atoms with Gasteiger partial charge in [0.2, 0.25) is 0 Å². The molecular formula is C22H19N3O3. The fourth-order valence-corrected chi connectivity index (χ4v) is 3.40. The van der Waals surface area contributed by atoms with E-state index in [1.54, 1.807) is 36.4 Å². The van der Waals surface area contributed by atoms with Crippen LogP contribution in [0.2, 0.25) is 0 Å². The van der Waals surface area contributed by atoms with Crippen molar-refractivity contribution in [2.45, 2.75) is 0 Å². The minimum atomic E-state index is -0.182. The number of anilines is 3. The molecule has 0 saturated carbocycles. The summed E-state index contributed by atoms with van der Waals surface area (Å²) in [5.41, 5.74) is 3.57. The third kappa shape index (κ3) is 3.15. The molecule has 0 aliphatic heterocycles. The summed E-state index contributed by atoms with van der Waals surface area (Å²) in [5.74, 6) is 4.72. The van der Waals surface area contributed by atoms with Crippen molar-refractivity contribution in [3.8, 4) is 0 Å². The number of carbonyl (C=O) groups excluding carboxylic acids is 2. The zero-order chi connectivity index (χ0) is 19.5. The lowest BCUT2D eigenvalue weighted by Crippen LogP contribution is -2.24. The third-order valence-electron chi connectivity index (χ3n) is 4.66. The Balaban J connectivity index is 1.85. The molecule has 3 aromatic rings. The van der Waals surface area contributed by atoms with Crippen molar-refractivity contribution in [1.29, 1.82) is 0 Å². The van der Waals surface area contributed by atoms with Crippen LogP contribution in [0.1, 0.15) is 31.8 Å². The Labute approximate surface area is 162 Å². The smallest absolute Gasteiger partial charge is 0.196 e. The van der Waals surface area contributed by atoms with E-state index in [4.69, 9.17) is 5.90 Å². The van der Waals surface area contributed by atoms with Crippen molar-refractivity contribution >= 4 is 28.6 Å². The summed E-state index contributed by atoms with van der Waals surface area (Å²) in [7, 11) is 0. The molecule has 28 heavy (non-hydrogen) atoms. The van der Waals surface area contributed by atoms with Crippen molar-refractivity contribution in [3.05, 3.63) is 89.0 Å². The summed E-state index contributed by atoms with van der Waals surface area (Å²) in [5, 5.41) is 6.40. The Kier molecular flexibility index (Phi) is 4.89. The lowest BCUT2D eigenvalue weighted by molar-refractivity contribution is 0.0980. The zero-order valence-corrected chi connectivity index (χ0v) is 15.1. The van der Waals surface area contributed by atoms with Gasteiger partial charge in [-0.2, -0.15) is 0 Å². The van der Waals surface area contributed by atoms with Crippen LogP contribution in [0.15, 0.2) is 66.7 Å². The normalized spacial score (nSPS) is 12.3. The first kappa shape index (κ1) is 17.9. The highest BCUT2D eigenvalue weighted by atomic mass is 16.6. The van der Waals surface area contributed by atoms with Gasteiger partial charge in [0.25, 0.3) is 0 Å². The predicted octanol–water partition coefficient (Wildman–Crippen LogP) is 3.51. The molecule has 140 valence electrons. The van der Waals surface area contributed by atoms with Crippen LogP contribution in [0.4, 0.5) is 17.1 Å². The van der Waals surface area contributed by atoms with Crippen molar-refractivity contribution in [1.82, 2.24) is 0 Å². The van der Waals surface area contributed by atoms with E-state index in [1.165, 1.54) is 0 Å². The highest BCUT2D eigenvalue weighted by Crippen LogP contribution is 2.37. The summed E-state index contributed by atoms with van der Waals surface area (Å²) < 4.78 is 0. The Hall–Kier alpha value is -3.48. The van der Waals surface area contributed by atoms with Gasteiger partial charge in [-0.3, -0.25) is 9.59 Å². The minimum absolute atomic E-state index is 0.178. The maximum absolute atomic E-state index is 13.3. The molecule has 0 heterocycles. The molecule has 0 bridgehead atoms. The van der Waals surface area contributed by atoms with Crippen molar-refractivity contribution in [2.24, 2.45) is 5.90 Å². The molecule has 3 aromatic carbocycles. The zero-order valence-electron chi connectivity index (χ0n) is 15.1. The molecule has 0 amide bonds. The van der Waals surface area contributed by atoms with Crippen LogP contribution in [-0.4, -0.2) is 24.7 Å². The second-order valence-electron chi connectivity index (χ2n) is 6.40. The average molecular weight is 373 g/mol. The molecular weight excluding hydrogens is 354 g/mol. The Morgan fingerprint density at radius 2 is 1.32 bits per heavy atom. The molecule has 0 aromatic heterocycles. The lowest BCUT2D eigenvalue weighted by atomic mass is 9.82. The van der Waals surface area contributed by atoms with Crippen LogP contribution in [-0.2, 0) is 4.84 Å². The summed E-state index contributed by atoms with van der Waals surface area (Å²) in [6, 6.07) is 20.0. The Morgan fingerprint density at radius 3 is 1.96 bits per heavy atom. The molecule has 1 aliphatic carbocycles. The average Bonchev–Trinajstić information content (AvgIpc) is 2.73. The SMILES string of the molecule is NOCCNc1ccc(Nc2ccccc2)c2c1C(=O)c1ccccc1C2=O. The first-order chi connectivity index (χ1) is 13.7. The van der Waals surface area contributed by atoms with Crippen molar-refractivity contribution in [2.75, 3.05) is 23.8 Å². The van der Waals surface area contributed by atoms with Crippen molar-refractivity contribution in [3.63, 3.8) is 0 Å². The summed E-state index contributed by atoms with van der Waals surface area (Å²) >= 11 is 0. The van der Waals surface area contributed by atoms with Gasteiger partial charge in [-0.25, -0.2) is 5.90 Å². The van der Waals surface area contributed by atoms with E-state index in [-0.39, 0.29) is 18.2 Å². The standard InChI is InChI=1S/C22H19N3O3/c23-28-13-12-24-17-10-11-18(25-14-6-2-1-3-7-14)20-19(17)21(26)15-8-4-5-9-16(15)22(20)27/h1-11,24-25H,12-13,23H2. The number of ketones is 2. The van der Waals surface area contributed by atoms with Gasteiger partial charge in [-0.05, 0) is 24.3 Å². The molecule has 6 nitrogen and oxygen atoms in total. The van der Waals surface area contributed by atoms with Crippen LogP contribution in [0, 0.1) is 0 Å². The summed E-state index contributed by atoms with van der Waals surface area (Å²) in [6.07, 6.45) is 0. The second-order valence-corrected chi connectivity index (χ2v) is 6.40. The van der Waals surface area contributed by atoms with E-state index >= 15 is 0 Å². The van der Waals surface area contributed by atoms with Crippen LogP contribution in [0.3, 0.4) is 0 Å². The lowest BCUT2D eigenvalue weighted by Gasteiger charge is -2.24. The first-order valence-corrected chi connectivity index (χ1v) is 8.93. The van der Waals surface area contributed by atoms with Crippen LogP contribution in [0.5, 0.6) is 0 Å². The summed E-state index contributed by atoms with van der Waals surface area (Å²) in [6.45, 7) is 0.690. The molecule has 0 fully saturated rings. The fraction of sp³-hybridized carbons (Fsp3) is 0.0909. The van der Waals surface area contributed by atoms with Gasteiger partial charge < -0.3 is 15.5 Å². The van der Waals surface area contributed by atoms with Gasteiger partial charge in [0.1, 0.15) is 0 Å². The van der Waals surface area contributed by atoms with E-state index < -0.39 is 0 Å². The fourth-order valence-electron chi connectivity index (χ4n) is 3.40. The van der Waals surface area contributed by atoms with Gasteiger partial charge in [0.15, 0.2) is 11.6 Å². The molecule has 0 unspecified atom stereocenters. The molecule has 0 atom stereocenters. The van der Waals surface area contributed by atoms with Crippen LogP contribution < -0.4 is 16.5 Å². The molecule has 4 rings (SSSR count). The number of benzene rings is 3. The number of fused-ring (bicyclic) bond motifs is 2. The van der Waals surface area contributed by atoms with Crippen LogP contribution in [0.25, 0.3) is 0 Å². The van der Waals surface area contributed by atoms with Crippen molar-refractivity contribution < 1.29 is 14.4 Å². The predicted molar refractivity (Wildman–Crippen MR) is 108 cm³/mol. The van der Waals surface area contributed by atoms with Gasteiger partial charge >= 0.3 is 0 Å². The van der Waals surface area contributed by atoms with Gasteiger partial charge in [-0.15, -0.1) is 0 Å². The highest BCUT2D eigenvalue weighted by Gasteiger charge is 2.33. The number of nitrogens with two attached hydrogens (primary N) is 1. The van der Waals surface area contributed by atoms with E-state index in [0.717, 1.165) is 5.69 Å². The Bertz CT molecular complexity index is 1050. The number of rotatable bonds is 6. The number of carbonyl (C=O) groups is 2. The molecule has 6 heteroatoms.